The normalized spacial score (nSPS) is 25.6. The summed E-state index contributed by atoms with van der Waals surface area (Å²) in [5.74, 6) is 2.60. The highest BCUT2D eigenvalue weighted by molar-refractivity contribution is 5.20. The number of rotatable bonds is 4. The first kappa shape index (κ1) is 13.6. The van der Waals surface area contributed by atoms with Gasteiger partial charge in [-0.3, -0.25) is 4.90 Å². The molecule has 1 aliphatic heterocycles. The first-order valence-corrected chi connectivity index (χ1v) is 6.67. The lowest BCUT2D eigenvalue weighted by molar-refractivity contribution is -0.00921. The van der Waals surface area contributed by atoms with Crippen LogP contribution in [0.3, 0.4) is 0 Å². The molecule has 2 atom stereocenters. The van der Waals surface area contributed by atoms with Gasteiger partial charge in [0.05, 0.1) is 12.6 Å². The fourth-order valence-electron chi connectivity index (χ4n) is 2.64. The van der Waals surface area contributed by atoms with E-state index in [2.05, 4.69) is 17.9 Å². The molecule has 2 heterocycles. The van der Waals surface area contributed by atoms with Crippen LogP contribution >= 0.6 is 0 Å². The number of furan rings is 1. The largest absolute Gasteiger partial charge is 0.465 e. The molecular weight excluding hydrogens is 228 g/mol. The van der Waals surface area contributed by atoms with Crippen LogP contribution in [0.4, 0.5) is 0 Å². The van der Waals surface area contributed by atoms with Gasteiger partial charge in [-0.25, -0.2) is 0 Å². The molecule has 1 aromatic rings. The zero-order valence-corrected chi connectivity index (χ0v) is 11.6. The van der Waals surface area contributed by atoms with E-state index >= 15 is 0 Å². The molecule has 2 rings (SSSR count). The molecule has 0 aromatic carbocycles. The molecule has 4 heteroatoms. The van der Waals surface area contributed by atoms with Crippen molar-refractivity contribution in [2.75, 3.05) is 20.2 Å². The second kappa shape index (κ2) is 5.87. The summed E-state index contributed by atoms with van der Waals surface area (Å²) in [6.07, 6.45) is 1.52. The lowest BCUT2D eigenvalue weighted by Gasteiger charge is -2.35. The highest BCUT2D eigenvalue weighted by atomic mass is 16.5. The Morgan fingerprint density at radius 2 is 2.33 bits per heavy atom. The smallest absolute Gasteiger partial charge is 0.118 e. The maximum Gasteiger partial charge on any atom is 0.118 e. The lowest BCUT2D eigenvalue weighted by atomic mass is 9.96. The number of piperidine rings is 1. The van der Waals surface area contributed by atoms with Gasteiger partial charge < -0.3 is 14.9 Å². The highest BCUT2D eigenvalue weighted by Crippen LogP contribution is 2.22. The van der Waals surface area contributed by atoms with Crippen molar-refractivity contribution in [1.29, 1.82) is 0 Å². The second-order valence-electron chi connectivity index (χ2n) is 5.27. The van der Waals surface area contributed by atoms with E-state index in [-0.39, 0.29) is 0 Å². The average Bonchev–Trinajstić information content (AvgIpc) is 2.72. The van der Waals surface area contributed by atoms with E-state index in [1.807, 2.05) is 6.92 Å². The minimum atomic E-state index is 0.337. The number of hydrogen-bond acceptors (Lipinski definition) is 4. The molecule has 1 aromatic heterocycles. The molecule has 0 saturated carbocycles. The Kier molecular flexibility index (Phi) is 4.43. The first-order chi connectivity index (χ1) is 8.63. The maximum absolute atomic E-state index is 5.74. The molecular formula is C14H24N2O2. The zero-order chi connectivity index (χ0) is 13.1. The number of aryl methyl sites for hydroxylation is 1. The molecule has 1 aliphatic rings. The summed E-state index contributed by atoms with van der Waals surface area (Å²) in [4.78, 5) is 2.40. The number of likely N-dealkylation sites (tertiary alicyclic amines) is 1. The van der Waals surface area contributed by atoms with Crippen LogP contribution in [0.1, 0.15) is 30.4 Å². The van der Waals surface area contributed by atoms with Crippen LogP contribution in [-0.4, -0.2) is 31.2 Å². The van der Waals surface area contributed by atoms with Gasteiger partial charge >= 0.3 is 0 Å². The molecule has 18 heavy (non-hydrogen) atoms. The van der Waals surface area contributed by atoms with Gasteiger partial charge in [0.25, 0.3) is 0 Å². The summed E-state index contributed by atoms with van der Waals surface area (Å²) in [5, 5.41) is 0. The molecule has 0 aliphatic carbocycles. The summed E-state index contributed by atoms with van der Waals surface area (Å²) in [5.41, 5.74) is 6.78. The monoisotopic (exact) mass is 252 g/mol. The molecule has 1 fully saturated rings. The molecule has 102 valence electrons. The molecule has 4 nitrogen and oxygen atoms in total. The van der Waals surface area contributed by atoms with Crippen LogP contribution in [0.2, 0.25) is 0 Å². The second-order valence-corrected chi connectivity index (χ2v) is 5.27. The zero-order valence-electron chi connectivity index (χ0n) is 11.6. The molecule has 1 saturated heterocycles. The van der Waals surface area contributed by atoms with Crippen molar-refractivity contribution >= 4 is 0 Å². The third-order valence-electron chi connectivity index (χ3n) is 3.95. The number of hydrogen-bond donors (Lipinski definition) is 1. The predicted octanol–water partition coefficient (Wildman–Crippen LogP) is 1.90. The van der Waals surface area contributed by atoms with Gasteiger partial charge in [-0.2, -0.15) is 0 Å². The van der Waals surface area contributed by atoms with Crippen LogP contribution < -0.4 is 5.73 Å². The number of methoxy groups -OCH3 is 1. The molecule has 2 N–H and O–H groups in total. The van der Waals surface area contributed by atoms with Crippen molar-refractivity contribution in [3.63, 3.8) is 0 Å². The number of nitrogens with zero attached hydrogens (tertiary/aromatic N) is 1. The van der Waals surface area contributed by atoms with Crippen LogP contribution in [-0.2, 0) is 17.8 Å². The van der Waals surface area contributed by atoms with Crippen LogP contribution in [0.15, 0.2) is 10.5 Å². The molecule has 0 amide bonds. The van der Waals surface area contributed by atoms with Gasteiger partial charge in [0.15, 0.2) is 0 Å². The van der Waals surface area contributed by atoms with Gasteiger partial charge in [-0.15, -0.1) is 0 Å². The third kappa shape index (κ3) is 2.94. The van der Waals surface area contributed by atoms with Crippen molar-refractivity contribution in [3.05, 3.63) is 23.2 Å². The predicted molar refractivity (Wildman–Crippen MR) is 71.2 cm³/mol. The molecule has 2 unspecified atom stereocenters. The number of nitrogens with two attached hydrogens (primary N) is 1. The number of ether oxygens (including phenoxy) is 1. The molecule has 0 bridgehead atoms. The van der Waals surface area contributed by atoms with E-state index in [1.54, 1.807) is 7.11 Å². The first-order valence-electron chi connectivity index (χ1n) is 6.67. The van der Waals surface area contributed by atoms with E-state index < -0.39 is 0 Å². The van der Waals surface area contributed by atoms with Crippen LogP contribution in [0.5, 0.6) is 0 Å². The Labute approximate surface area is 109 Å². The topological polar surface area (TPSA) is 51.6 Å². The summed E-state index contributed by atoms with van der Waals surface area (Å²) in [6, 6.07) is 2.08. The molecule has 0 spiro atoms. The van der Waals surface area contributed by atoms with Gasteiger partial charge in [0.2, 0.25) is 0 Å². The van der Waals surface area contributed by atoms with Crippen molar-refractivity contribution in [2.24, 2.45) is 11.7 Å². The van der Waals surface area contributed by atoms with Gasteiger partial charge in [-0.05, 0) is 31.9 Å². The maximum atomic E-state index is 5.74. The van der Waals surface area contributed by atoms with E-state index in [1.165, 1.54) is 6.42 Å². The third-order valence-corrected chi connectivity index (χ3v) is 3.95. The summed E-state index contributed by atoms with van der Waals surface area (Å²) < 4.78 is 11.3. The summed E-state index contributed by atoms with van der Waals surface area (Å²) in [6.45, 7) is 7.73. The van der Waals surface area contributed by atoms with Crippen molar-refractivity contribution in [1.82, 2.24) is 4.90 Å². The fourth-order valence-corrected chi connectivity index (χ4v) is 2.64. The van der Waals surface area contributed by atoms with Crippen molar-refractivity contribution in [3.8, 4) is 0 Å². The van der Waals surface area contributed by atoms with Crippen LogP contribution in [0, 0.1) is 12.8 Å². The standard InChI is InChI=1S/C14H24N2O2/c1-10-4-5-16(9-14(10)17-3)8-13-6-12(7-15)11(2)18-13/h6,10,14H,4-5,7-9,15H2,1-3H3. The Morgan fingerprint density at radius 1 is 1.56 bits per heavy atom. The van der Waals surface area contributed by atoms with Gasteiger partial charge in [-0.1, -0.05) is 6.92 Å². The Morgan fingerprint density at radius 3 is 2.94 bits per heavy atom. The van der Waals surface area contributed by atoms with Crippen molar-refractivity contribution in [2.45, 2.75) is 39.5 Å². The van der Waals surface area contributed by atoms with E-state index in [9.17, 15) is 0 Å². The molecule has 0 radical (unpaired) electrons. The van der Waals surface area contributed by atoms with Crippen LogP contribution in [0.25, 0.3) is 0 Å². The van der Waals surface area contributed by atoms with E-state index in [4.69, 9.17) is 14.9 Å². The minimum Gasteiger partial charge on any atom is -0.465 e. The van der Waals surface area contributed by atoms with Gasteiger partial charge in [0.1, 0.15) is 11.5 Å². The Hall–Kier alpha value is -0.840. The SMILES string of the molecule is COC1CN(Cc2cc(CN)c(C)o2)CCC1C. The lowest BCUT2D eigenvalue weighted by Crippen LogP contribution is -2.43. The van der Waals surface area contributed by atoms with Gasteiger partial charge in [0, 0.05) is 25.8 Å². The Bertz CT molecular complexity index is 389. The fraction of sp³-hybridized carbons (Fsp3) is 0.714. The Balaban J connectivity index is 1.96. The van der Waals surface area contributed by atoms with E-state index in [0.717, 1.165) is 36.7 Å². The summed E-state index contributed by atoms with van der Waals surface area (Å²) >= 11 is 0. The average molecular weight is 252 g/mol. The quantitative estimate of drug-likeness (QED) is 0.889. The highest BCUT2D eigenvalue weighted by Gasteiger charge is 2.26. The van der Waals surface area contributed by atoms with E-state index in [0.29, 0.717) is 18.6 Å². The van der Waals surface area contributed by atoms with Crippen molar-refractivity contribution < 1.29 is 9.15 Å². The summed E-state index contributed by atoms with van der Waals surface area (Å²) in [7, 11) is 1.80. The minimum absolute atomic E-state index is 0.337.